The lowest BCUT2D eigenvalue weighted by atomic mass is 10.4. The molecule has 4 N–H and O–H groups in total. The number of nitrogens with one attached hydrogen (secondary N) is 2. The molecule has 0 aliphatic heterocycles. The highest BCUT2D eigenvalue weighted by Crippen LogP contribution is 2.15. The van der Waals surface area contributed by atoms with Crippen LogP contribution in [-0.2, 0) is 16.8 Å². The zero-order valence-electron chi connectivity index (χ0n) is 8.78. The van der Waals surface area contributed by atoms with Gasteiger partial charge in [0, 0.05) is 18.5 Å². The standard InChI is InChI=1S/C9H13N3O2S2/c1-11-16(13,14)12-7-9-5-4-8(15-9)3-2-6-10/h4-5,11-12H,6-7,10H2,1H3. The van der Waals surface area contributed by atoms with Gasteiger partial charge in [-0.15, -0.1) is 11.3 Å². The third-order valence-electron chi connectivity index (χ3n) is 1.68. The molecule has 0 saturated heterocycles. The van der Waals surface area contributed by atoms with Gasteiger partial charge in [-0.1, -0.05) is 11.8 Å². The van der Waals surface area contributed by atoms with E-state index in [1.165, 1.54) is 18.4 Å². The molecule has 7 heteroatoms. The molecule has 1 rings (SSSR count). The smallest absolute Gasteiger partial charge is 0.276 e. The van der Waals surface area contributed by atoms with Gasteiger partial charge in [-0.05, 0) is 12.1 Å². The molecule has 88 valence electrons. The van der Waals surface area contributed by atoms with Crippen molar-refractivity contribution in [3.8, 4) is 11.8 Å². The van der Waals surface area contributed by atoms with Crippen molar-refractivity contribution >= 4 is 21.5 Å². The van der Waals surface area contributed by atoms with Crippen molar-refractivity contribution in [1.82, 2.24) is 9.44 Å². The van der Waals surface area contributed by atoms with Crippen molar-refractivity contribution in [2.45, 2.75) is 6.54 Å². The average molecular weight is 259 g/mol. The second-order valence-electron chi connectivity index (χ2n) is 2.80. The molecule has 0 radical (unpaired) electrons. The fourth-order valence-electron chi connectivity index (χ4n) is 0.917. The number of hydrogen-bond acceptors (Lipinski definition) is 4. The van der Waals surface area contributed by atoms with Crippen LogP contribution >= 0.6 is 11.3 Å². The molecular formula is C9H13N3O2S2. The molecule has 1 heterocycles. The molecule has 0 spiro atoms. The molecule has 0 fully saturated rings. The first-order valence-electron chi connectivity index (χ1n) is 4.53. The van der Waals surface area contributed by atoms with Gasteiger partial charge in [0.25, 0.3) is 10.2 Å². The lowest BCUT2D eigenvalue weighted by Crippen LogP contribution is -2.33. The zero-order chi connectivity index (χ0) is 12.0. The van der Waals surface area contributed by atoms with Crippen molar-refractivity contribution in [2.75, 3.05) is 13.6 Å². The molecule has 0 saturated carbocycles. The molecule has 0 amide bonds. The predicted octanol–water partition coefficient (Wildman–Crippen LogP) is -0.388. The van der Waals surface area contributed by atoms with Gasteiger partial charge in [-0.2, -0.15) is 13.1 Å². The summed E-state index contributed by atoms with van der Waals surface area (Å²) in [6.45, 7) is 0.581. The number of nitrogens with two attached hydrogens (primary N) is 1. The van der Waals surface area contributed by atoms with Gasteiger partial charge in [0.2, 0.25) is 0 Å². The molecule has 1 aromatic heterocycles. The fourth-order valence-corrected chi connectivity index (χ4v) is 2.32. The molecule has 0 atom stereocenters. The van der Waals surface area contributed by atoms with E-state index in [2.05, 4.69) is 21.3 Å². The van der Waals surface area contributed by atoms with Crippen LogP contribution in [0.3, 0.4) is 0 Å². The predicted molar refractivity (Wildman–Crippen MR) is 65.1 cm³/mol. The highest BCUT2D eigenvalue weighted by Gasteiger charge is 2.06. The quantitative estimate of drug-likeness (QED) is 0.644. The molecular weight excluding hydrogens is 246 g/mol. The molecule has 0 aliphatic carbocycles. The van der Waals surface area contributed by atoms with Gasteiger partial charge in [0.15, 0.2) is 0 Å². The number of rotatable bonds is 4. The van der Waals surface area contributed by atoms with E-state index in [0.29, 0.717) is 6.54 Å². The van der Waals surface area contributed by atoms with Crippen molar-refractivity contribution in [3.63, 3.8) is 0 Å². The van der Waals surface area contributed by atoms with Crippen LogP contribution in [0.15, 0.2) is 12.1 Å². The Morgan fingerprint density at radius 1 is 1.50 bits per heavy atom. The van der Waals surface area contributed by atoms with Gasteiger partial charge in [-0.3, -0.25) is 0 Å². The van der Waals surface area contributed by atoms with E-state index in [1.54, 1.807) is 0 Å². The normalized spacial score (nSPS) is 10.9. The molecule has 0 unspecified atom stereocenters. The monoisotopic (exact) mass is 259 g/mol. The third kappa shape index (κ3) is 4.30. The number of hydrogen-bond donors (Lipinski definition) is 3. The summed E-state index contributed by atoms with van der Waals surface area (Å²) in [6.07, 6.45) is 0. The lowest BCUT2D eigenvalue weighted by molar-refractivity contribution is 0.573. The van der Waals surface area contributed by atoms with Gasteiger partial charge >= 0.3 is 0 Å². The summed E-state index contributed by atoms with van der Waals surface area (Å²) in [5, 5.41) is 0. The summed E-state index contributed by atoms with van der Waals surface area (Å²) in [5.41, 5.74) is 5.25. The first-order valence-corrected chi connectivity index (χ1v) is 6.83. The first-order chi connectivity index (χ1) is 7.57. The SMILES string of the molecule is CNS(=O)(=O)NCc1ccc(C#CCN)s1. The van der Waals surface area contributed by atoms with Crippen LogP contribution in [0, 0.1) is 11.8 Å². The Labute approximate surface area is 99.2 Å². The van der Waals surface area contributed by atoms with E-state index >= 15 is 0 Å². The Hall–Kier alpha value is -0.910. The van der Waals surface area contributed by atoms with Crippen molar-refractivity contribution in [3.05, 3.63) is 21.9 Å². The van der Waals surface area contributed by atoms with Gasteiger partial charge < -0.3 is 5.73 Å². The minimum atomic E-state index is -3.37. The van der Waals surface area contributed by atoms with E-state index in [0.717, 1.165) is 9.75 Å². The van der Waals surface area contributed by atoms with E-state index in [-0.39, 0.29) is 6.54 Å². The largest absolute Gasteiger partial charge is 0.320 e. The van der Waals surface area contributed by atoms with Crippen molar-refractivity contribution in [2.24, 2.45) is 5.73 Å². The maximum absolute atomic E-state index is 11.1. The third-order valence-corrected chi connectivity index (χ3v) is 3.74. The van der Waals surface area contributed by atoms with Crippen LogP contribution in [0.4, 0.5) is 0 Å². The van der Waals surface area contributed by atoms with Crippen LogP contribution < -0.4 is 15.2 Å². The summed E-state index contributed by atoms with van der Waals surface area (Å²) in [7, 11) is -2.02. The maximum atomic E-state index is 11.1. The van der Waals surface area contributed by atoms with Crippen LogP contribution in [0.2, 0.25) is 0 Å². The molecule has 0 aliphatic rings. The maximum Gasteiger partial charge on any atom is 0.276 e. The van der Waals surface area contributed by atoms with Gasteiger partial charge in [0.1, 0.15) is 0 Å². The van der Waals surface area contributed by atoms with Gasteiger partial charge in [-0.25, -0.2) is 4.72 Å². The Morgan fingerprint density at radius 2 is 2.25 bits per heavy atom. The summed E-state index contributed by atoms with van der Waals surface area (Å²) in [5.74, 6) is 5.63. The highest BCUT2D eigenvalue weighted by atomic mass is 32.2. The minimum Gasteiger partial charge on any atom is -0.320 e. The van der Waals surface area contributed by atoms with E-state index < -0.39 is 10.2 Å². The summed E-state index contributed by atoms with van der Waals surface area (Å²) in [6, 6.07) is 3.68. The van der Waals surface area contributed by atoms with E-state index in [4.69, 9.17) is 5.73 Å². The molecule has 16 heavy (non-hydrogen) atoms. The van der Waals surface area contributed by atoms with E-state index in [9.17, 15) is 8.42 Å². The second kappa shape index (κ2) is 5.98. The Balaban J connectivity index is 2.60. The molecule has 5 nitrogen and oxygen atoms in total. The summed E-state index contributed by atoms with van der Waals surface area (Å²) in [4.78, 5) is 1.78. The van der Waals surface area contributed by atoms with Crippen LogP contribution in [0.5, 0.6) is 0 Å². The van der Waals surface area contributed by atoms with Crippen LogP contribution in [-0.4, -0.2) is 22.0 Å². The summed E-state index contributed by atoms with van der Waals surface area (Å²) < 4.78 is 26.7. The first kappa shape index (κ1) is 13.2. The molecule has 0 bridgehead atoms. The Kier molecular flexibility index (Phi) is 4.92. The second-order valence-corrected chi connectivity index (χ2v) is 5.67. The van der Waals surface area contributed by atoms with Gasteiger partial charge in [0.05, 0.1) is 11.4 Å². The molecule has 0 aromatic carbocycles. The minimum absolute atomic E-state index is 0.262. The van der Waals surface area contributed by atoms with Crippen molar-refractivity contribution in [1.29, 1.82) is 0 Å². The fraction of sp³-hybridized carbons (Fsp3) is 0.333. The number of thiophene rings is 1. The van der Waals surface area contributed by atoms with Crippen molar-refractivity contribution < 1.29 is 8.42 Å². The Bertz CT molecular complexity index is 496. The molecule has 1 aromatic rings. The lowest BCUT2D eigenvalue weighted by Gasteiger charge is -2.01. The average Bonchev–Trinajstić information content (AvgIpc) is 2.72. The summed E-state index contributed by atoms with van der Waals surface area (Å²) >= 11 is 1.44. The highest BCUT2D eigenvalue weighted by molar-refractivity contribution is 7.87. The topological polar surface area (TPSA) is 84.2 Å². The Morgan fingerprint density at radius 3 is 2.88 bits per heavy atom. The van der Waals surface area contributed by atoms with E-state index in [1.807, 2.05) is 12.1 Å². The van der Waals surface area contributed by atoms with Crippen LogP contribution in [0.1, 0.15) is 9.75 Å². The van der Waals surface area contributed by atoms with Crippen LogP contribution in [0.25, 0.3) is 0 Å². The zero-order valence-corrected chi connectivity index (χ0v) is 10.4.